The van der Waals surface area contributed by atoms with Gasteiger partial charge in [0.15, 0.2) is 18.1 Å². The molecule has 0 spiro atoms. The Kier molecular flexibility index (Phi) is 6.11. The summed E-state index contributed by atoms with van der Waals surface area (Å²) in [5, 5.41) is 14.7. The third-order valence-electron chi connectivity index (χ3n) is 7.30. The summed E-state index contributed by atoms with van der Waals surface area (Å²) in [6.07, 6.45) is 1.31. The fraction of sp³-hybridized carbons (Fsp3) is 0.179. The van der Waals surface area contributed by atoms with Crippen LogP contribution in [0.1, 0.15) is 50.1 Å². The number of aromatic nitrogens is 5. The highest BCUT2D eigenvalue weighted by molar-refractivity contribution is 5.98. The van der Waals surface area contributed by atoms with E-state index in [9.17, 15) is 24.0 Å². The van der Waals surface area contributed by atoms with Crippen LogP contribution >= 0.6 is 0 Å². The number of carbonyl (C=O) groups is 3. The van der Waals surface area contributed by atoms with Crippen LogP contribution in [0.15, 0.2) is 62.6 Å². The molecule has 5 N–H and O–H groups in total. The van der Waals surface area contributed by atoms with Crippen LogP contribution in [-0.2, 0) is 17.8 Å². The summed E-state index contributed by atoms with van der Waals surface area (Å²) < 4.78 is 11.2. The molecule has 2 aliphatic rings. The van der Waals surface area contributed by atoms with E-state index in [4.69, 9.17) is 4.74 Å². The van der Waals surface area contributed by atoms with Gasteiger partial charge < -0.3 is 20.7 Å². The van der Waals surface area contributed by atoms with Crippen molar-refractivity contribution in [1.82, 2.24) is 35.4 Å². The Morgan fingerprint density at radius 1 is 1.05 bits per heavy atom. The number of ether oxygens (including phenoxy) is 1. The fourth-order valence-electron chi connectivity index (χ4n) is 5.29. The zero-order chi connectivity index (χ0) is 29.7. The van der Waals surface area contributed by atoms with Crippen LogP contribution in [0.5, 0.6) is 5.75 Å². The molecular formula is C28H22N8O7. The Bertz CT molecular complexity index is 2070. The van der Waals surface area contributed by atoms with Crippen LogP contribution < -0.4 is 32.0 Å². The van der Waals surface area contributed by atoms with Crippen molar-refractivity contribution >= 4 is 29.1 Å². The molecule has 3 aromatic heterocycles. The van der Waals surface area contributed by atoms with Gasteiger partial charge in [-0.3, -0.25) is 33.8 Å². The molecule has 5 aromatic rings. The summed E-state index contributed by atoms with van der Waals surface area (Å²) in [5.41, 5.74) is 3.36. The van der Waals surface area contributed by atoms with E-state index in [-0.39, 0.29) is 42.1 Å². The number of amides is 3. The molecule has 0 saturated heterocycles. The highest BCUT2D eigenvalue weighted by Gasteiger charge is 2.27. The van der Waals surface area contributed by atoms with Gasteiger partial charge >= 0.3 is 5.76 Å². The molecule has 1 atom stereocenters. The van der Waals surface area contributed by atoms with E-state index in [1.807, 2.05) is 12.1 Å². The highest BCUT2D eigenvalue weighted by Crippen LogP contribution is 2.34. The van der Waals surface area contributed by atoms with E-state index in [0.29, 0.717) is 41.2 Å². The Hall–Kier alpha value is -5.99. The molecule has 1 aliphatic heterocycles. The number of aromatic amines is 2. The number of benzene rings is 2. The first-order valence-corrected chi connectivity index (χ1v) is 13.3. The topological polar surface area (TPSA) is 206 Å². The molecule has 0 fully saturated rings. The third-order valence-corrected chi connectivity index (χ3v) is 7.30. The number of anilines is 1. The van der Waals surface area contributed by atoms with Crippen LogP contribution in [0.2, 0.25) is 0 Å². The molecule has 43 heavy (non-hydrogen) atoms. The molecule has 0 unspecified atom stereocenters. The monoisotopic (exact) mass is 582 g/mol. The number of nitrogens with zero attached hydrogens (tertiary/aromatic N) is 3. The molecular weight excluding hydrogens is 560 g/mol. The largest absolute Gasteiger partial charge is 0.482 e. The molecule has 0 radical (unpaired) electrons. The van der Waals surface area contributed by atoms with Crippen LogP contribution in [0.25, 0.3) is 17.0 Å². The zero-order valence-corrected chi connectivity index (χ0v) is 22.2. The van der Waals surface area contributed by atoms with Gasteiger partial charge in [0.1, 0.15) is 17.1 Å². The molecule has 3 amide bonds. The predicted octanol–water partition coefficient (Wildman–Crippen LogP) is 1.04. The number of aryl methyl sites for hydroxylation is 1. The lowest BCUT2D eigenvalue weighted by atomic mass is 10.0. The normalized spacial score (nSPS) is 15.3. The molecule has 0 bridgehead atoms. The van der Waals surface area contributed by atoms with Crippen molar-refractivity contribution in [2.45, 2.75) is 25.4 Å². The number of carbonyl (C=O) groups excluding carboxylic acids is 3. The smallest absolute Gasteiger partial charge is 0.439 e. The lowest BCUT2D eigenvalue weighted by molar-refractivity contribution is -0.118. The number of fused-ring (bicyclic) bond motifs is 3. The van der Waals surface area contributed by atoms with Gasteiger partial charge in [-0.05, 0) is 47.7 Å². The maximum Gasteiger partial charge on any atom is 0.439 e. The van der Waals surface area contributed by atoms with Gasteiger partial charge in [-0.1, -0.05) is 23.4 Å². The van der Waals surface area contributed by atoms with Crippen molar-refractivity contribution in [3.05, 3.63) is 97.5 Å². The summed E-state index contributed by atoms with van der Waals surface area (Å²) in [5.74, 6) is -1.15. The molecule has 15 nitrogen and oxygen atoms in total. The van der Waals surface area contributed by atoms with E-state index < -0.39 is 23.1 Å². The van der Waals surface area contributed by atoms with Gasteiger partial charge in [0.2, 0.25) is 0 Å². The van der Waals surface area contributed by atoms with E-state index in [2.05, 4.69) is 40.7 Å². The van der Waals surface area contributed by atoms with E-state index in [0.717, 1.165) is 11.1 Å². The average molecular weight is 583 g/mol. The quantitative estimate of drug-likeness (QED) is 0.194. The summed E-state index contributed by atoms with van der Waals surface area (Å²) in [7, 11) is 0. The first kappa shape index (κ1) is 25.9. The van der Waals surface area contributed by atoms with Gasteiger partial charge in [-0.2, -0.15) is 0 Å². The summed E-state index contributed by atoms with van der Waals surface area (Å²) in [6, 6.07) is 12.9. The van der Waals surface area contributed by atoms with Crippen molar-refractivity contribution < 1.29 is 23.6 Å². The fourth-order valence-corrected chi connectivity index (χ4v) is 5.29. The van der Waals surface area contributed by atoms with Crippen LogP contribution in [0.3, 0.4) is 0 Å². The predicted molar refractivity (Wildman–Crippen MR) is 149 cm³/mol. The third kappa shape index (κ3) is 4.92. The van der Waals surface area contributed by atoms with Crippen molar-refractivity contribution in [1.29, 1.82) is 0 Å². The van der Waals surface area contributed by atoms with E-state index in [1.54, 1.807) is 24.3 Å². The van der Waals surface area contributed by atoms with E-state index in [1.165, 1.54) is 16.6 Å². The molecule has 7 rings (SSSR count). The summed E-state index contributed by atoms with van der Waals surface area (Å²) >= 11 is 0. The Balaban J connectivity index is 1.10. The van der Waals surface area contributed by atoms with Crippen molar-refractivity contribution in [3.63, 3.8) is 0 Å². The SMILES string of the molecule is O=C1COc2ccc(CNC(=O)c3cc(C(=O)N[C@H]4CCc5cc(-c6noc(=O)[nH]6)ccc54)nc4cc(=O)[nH]n34)cc2N1. The van der Waals surface area contributed by atoms with Gasteiger partial charge in [-0.15, -0.1) is 0 Å². The van der Waals surface area contributed by atoms with Gasteiger partial charge in [0.05, 0.1) is 11.7 Å². The van der Waals surface area contributed by atoms with Crippen molar-refractivity contribution in [3.8, 4) is 17.1 Å². The minimum atomic E-state index is -0.647. The van der Waals surface area contributed by atoms with Gasteiger partial charge in [0.25, 0.3) is 23.3 Å². The lowest BCUT2D eigenvalue weighted by Gasteiger charge is -2.18. The second-order valence-corrected chi connectivity index (χ2v) is 10.1. The lowest BCUT2D eigenvalue weighted by Crippen LogP contribution is -2.30. The first-order chi connectivity index (χ1) is 20.8. The molecule has 15 heteroatoms. The summed E-state index contributed by atoms with van der Waals surface area (Å²) in [6.45, 7) is 0.0368. The van der Waals surface area contributed by atoms with Crippen molar-refractivity contribution in [2.75, 3.05) is 11.9 Å². The number of hydrogen-bond acceptors (Lipinski definition) is 9. The molecule has 216 valence electrons. The second-order valence-electron chi connectivity index (χ2n) is 10.1. The van der Waals surface area contributed by atoms with E-state index >= 15 is 0 Å². The zero-order valence-electron chi connectivity index (χ0n) is 22.2. The van der Waals surface area contributed by atoms with Gasteiger partial charge in [-0.25, -0.2) is 14.3 Å². The van der Waals surface area contributed by atoms with Crippen LogP contribution in [-0.4, -0.2) is 49.1 Å². The molecule has 2 aromatic carbocycles. The maximum atomic E-state index is 13.4. The standard InChI is InChI=1S/C28H22N8O7/c37-23-10-22-30-19(26(39)32-17-5-3-14-8-15(2-4-16(14)17)25-33-28(41)43-35-25)9-20(36(22)34-23)27(40)29-11-13-1-6-21-18(7-13)31-24(38)12-42-21/h1-2,4,6-10,17H,3,5,11-12H2,(H,29,40)(H,31,38)(H,32,39)(H,34,37)(H,33,35,41)/t17-/m0/s1. The Morgan fingerprint density at radius 2 is 1.93 bits per heavy atom. The number of rotatable bonds is 6. The molecule has 0 saturated carbocycles. The number of hydrogen-bond donors (Lipinski definition) is 5. The first-order valence-electron chi connectivity index (χ1n) is 13.3. The Morgan fingerprint density at radius 3 is 2.77 bits per heavy atom. The van der Waals surface area contributed by atoms with Gasteiger partial charge in [0, 0.05) is 24.2 Å². The number of nitrogens with one attached hydrogen (secondary N) is 5. The van der Waals surface area contributed by atoms with Crippen LogP contribution in [0, 0.1) is 0 Å². The minimum absolute atomic E-state index is 0.00455. The summed E-state index contributed by atoms with van der Waals surface area (Å²) in [4.78, 5) is 68.5. The Labute approximate surface area is 240 Å². The minimum Gasteiger partial charge on any atom is -0.482 e. The average Bonchev–Trinajstić information content (AvgIpc) is 3.72. The van der Waals surface area contributed by atoms with Crippen LogP contribution in [0.4, 0.5) is 5.69 Å². The van der Waals surface area contributed by atoms with Crippen molar-refractivity contribution in [2.24, 2.45) is 0 Å². The molecule has 4 heterocycles. The maximum absolute atomic E-state index is 13.4. The second kappa shape index (κ2) is 10.1. The molecule has 1 aliphatic carbocycles. The highest BCUT2D eigenvalue weighted by atomic mass is 16.5. The number of H-pyrrole nitrogens is 2.